The Morgan fingerprint density at radius 3 is 2.44 bits per heavy atom. The van der Waals surface area contributed by atoms with Gasteiger partial charge in [-0.25, -0.2) is 0 Å². The zero-order valence-electron chi connectivity index (χ0n) is 15.1. The molecule has 0 saturated heterocycles. The van der Waals surface area contributed by atoms with Crippen LogP contribution in [0.3, 0.4) is 0 Å². The molecular weight excluding hydrogens is 355 g/mol. The van der Waals surface area contributed by atoms with Gasteiger partial charge in [-0.1, -0.05) is 48.5 Å². The van der Waals surface area contributed by atoms with Crippen LogP contribution in [-0.2, 0) is 22.3 Å². The van der Waals surface area contributed by atoms with Gasteiger partial charge in [0.1, 0.15) is 0 Å². The lowest BCUT2D eigenvalue weighted by Gasteiger charge is -2.23. The summed E-state index contributed by atoms with van der Waals surface area (Å²) in [6.45, 7) is 1.22. The molecule has 0 radical (unpaired) electrons. The quantitative estimate of drug-likeness (QED) is 0.712. The average molecular weight is 377 g/mol. The summed E-state index contributed by atoms with van der Waals surface area (Å²) in [5, 5.41) is 0. The van der Waals surface area contributed by atoms with E-state index in [-0.39, 0.29) is 17.4 Å². The van der Waals surface area contributed by atoms with E-state index in [9.17, 15) is 18.0 Å². The van der Waals surface area contributed by atoms with Crippen molar-refractivity contribution in [3.05, 3.63) is 71.3 Å². The lowest BCUT2D eigenvalue weighted by atomic mass is 10.0. The summed E-state index contributed by atoms with van der Waals surface area (Å²) in [6, 6.07) is 15.1. The van der Waals surface area contributed by atoms with E-state index in [4.69, 9.17) is 4.74 Å². The van der Waals surface area contributed by atoms with Crippen LogP contribution in [0.2, 0.25) is 0 Å². The van der Waals surface area contributed by atoms with Crippen molar-refractivity contribution >= 4 is 5.91 Å². The Balaban J connectivity index is 1.75. The van der Waals surface area contributed by atoms with Crippen LogP contribution >= 0.6 is 0 Å². The summed E-state index contributed by atoms with van der Waals surface area (Å²) in [4.78, 5) is 14.6. The van der Waals surface area contributed by atoms with Crippen molar-refractivity contribution < 1.29 is 22.7 Å². The smallest absolute Gasteiger partial charge is 0.383 e. The van der Waals surface area contributed by atoms with Gasteiger partial charge >= 0.3 is 6.18 Å². The van der Waals surface area contributed by atoms with Crippen molar-refractivity contribution in [1.29, 1.82) is 0 Å². The number of methoxy groups -OCH3 is 1. The van der Waals surface area contributed by atoms with E-state index in [1.165, 1.54) is 12.1 Å². The van der Waals surface area contributed by atoms with E-state index >= 15 is 0 Å². The van der Waals surface area contributed by atoms with Gasteiger partial charge in [-0.15, -0.1) is 0 Å². The molecule has 2 unspecified atom stereocenters. The molecule has 2 aromatic carbocycles. The van der Waals surface area contributed by atoms with Crippen LogP contribution in [0.5, 0.6) is 0 Å². The molecule has 1 fully saturated rings. The number of hydrogen-bond donors (Lipinski definition) is 0. The molecule has 1 saturated carbocycles. The number of rotatable bonds is 7. The Labute approximate surface area is 156 Å². The van der Waals surface area contributed by atoms with Gasteiger partial charge in [0.15, 0.2) is 0 Å². The van der Waals surface area contributed by atoms with Crippen molar-refractivity contribution in [2.45, 2.75) is 25.1 Å². The first kappa shape index (κ1) is 19.4. The lowest BCUT2D eigenvalue weighted by Crippen LogP contribution is -2.35. The van der Waals surface area contributed by atoms with E-state index < -0.39 is 17.7 Å². The number of benzene rings is 2. The number of nitrogens with zero attached hydrogens (tertiary/aromatic N) is 1. The van der Waals surface area contributed by atoms with Crippen LogP contribution in [0.4, 0.5) is 13.2 Å². The second-order valence-electron chi connectivity index (χ2n) is 6.77. The molecule has 1 aliphatic rings. The first-order chi connectivity index (χ1) is 12.9. The topological polar surface area (TPSA) is 29.5 Å². The monoisotopic (exact) mass is 377 g/mol. The van der Waals surface area contributed by atoms with Gasteiger partial charge in [-0.2, -0.15) is 13.2 Å². The third-order valence-electron chi connectivity index (χ3n) is 4.87. The molecule has 2 aromatic rings. The van der Waals surface area contributed by atoms with Crippen molar-refractivity contribution in [1.82, 2.24) is 4.90 Å². The number of ether oxygens (including phenoxy) is 1. The van der Waals surface area contributed by atoms with Crippen LogP contribution in [0, 0.1) is 5.92 Å². The van der Waals surface area contributed by atoms with Gasteiger partial charge in [0.25, 0.3) is 0 Å². The molecule has 3 rings (SSSR count). The van der Waals surface area contributed by atoms with Crippen LogP contribution in [-0.4, -0.2) is 31.1 Å². The Morgan fingerprint density at radius 2 is 1.78 bits per heavy atom. The van der Waals surface area contributed by atoms with E-state index in [2.05, 4.69) is 0 Å². The average Bonchev–Trinajstić information content (AvgIpc) is 3.45. The van der Waals surface area contributed by atoms with Crippen LogP contribution in [0.25, 0.3) is 0 Å². The van der Waals surface area contributed by atoms with Gasteiger partial charge in [0, 0.05) is 26.1 Å². The fourth-order valence-corrected chi connectivity index (χ4v) is 3.40. The van der Waals surface area contributed by atoms with E-state index in [0.717, 1.165) is 11.6 Å². The van der Waals surface area contributed by atoms with Crippen LogP contribution in [0.15, 0.2) is 54.6 Å². The number of halogens is 3. The molecular formula is C21H22F3NO2. The SMILES string of the molecule is COCCN(Cc1ccccc1)C(=O)C1CC1c1ccccc1C(F)(F)F. The summed E-state index contributed by atoms with van der Waals surface area (Å²) >= 11 is 0. The van der Waals surface area contributed by atoms with Gasteiger partial charge in [0.2, 0.25) is 5.91 Å². The van der Waals surface area contributed by atoms with Crippen molar-refractivity contribution in [3.63, 3.8) is 0 Å². The molecule has 3 nitrogen and oxygen atoms in total. The molecule has 1 aliphatic carbocycles. The van der Waals surface area contributed by atoms with Gasteiger partial charge in [-0.3, -0.25) is 4.79 Å². The van der Waals surface area contributed by atoms with E-state index in [1.807, 2.05) is 30.3 Å². The molecule has 0 aromatic heterocycles. The minimum absolute atomic E-state index is 0.113. The first-order valence-electron chi connectivity index (χ1n) is 8.89. The molecule has 0 spiro atoms. The summed E-state index contributed by atoms with van der Waals surface area (Å²) in [7, 11) is 1.56. The largest absolute Gasteiger partial charge is 0.416 e. The summed E-state index contributed by atoms with van der Waals surface area (Å²) in [6.07, 6.45) is -3.96. The van der Waals surface area contributed by atoms with E-state index in [1.54, 1.807) is 18.1 Å². The second kappa shape index (κ2) is 8.13. The predicted molar refractivity (Wildman–Crippen MR) is 96.0 cm³/mol. The second-order valence-corrected chi connectivity index (χ2v) is 6.77. The third-order valence-corrected chi connectivity index (χ3v) is 4.87. The maximum Gasteiger partial charge on any atom is 0.416 e. The number of carbonyl (C=O) groups excluding carboxylic acids is 1. The lowest BCUT2D eigenvalue weighted by molar-refractivity contribution is -0.139. The maximum atomic E-state index is 13.3. The van der Waals surface area contributed by atoms with Gasteiger partial charge < -0.3 is 9.64 Å². The summed E-state index contributed by atoms with van der Waals surface area (Å²) in [5.74, 6) is -0.900. The fourth-order valence-electron chi connectivity index (χ4n) is 3.40. The number of hydrogen-bond acceptors (Lipinski definition) is 2. The Kier molecular flexibility index (Phi) is 5.85. The molecule has 0 N–H and O–H groups in total. The normalized spacial score (nSPS) is 19.0. The van der Waals surface area contributed by atoms with Crippen molar-refractivity contribution in [2.75, 3.05) is 20.3 Å². The minimum Gasteiger partial charge on any atom is -0.383 e. The summed E-state index contributed by atoms with van der Waals surface area (Å²) in [5.41, 5.74) is 0.557. The number of carbonyl (C=O) groups is 1. The first-order valence-corrected chi connectivity index (χ1v) is 8.89. The Morgan fingerprint density at radius 1 is 1.11 bits per heavy atom. The molecule has 27 heavy (non-hydrogen) atoms. The highest BCUT2D eigenvalue weighted by Crippen LogP contribution is 2.51. The maximum absolute atomic E-state index is 13.3. The highest BCUT2D eigenvalue weighted by Gasteiger charge is 2.49. The van der Waals surface area contributed by atoms with Crippen molar-refractivity contribution in [3.8, 4) is 0 Å². The Hall–Kier alpha value is -2.34. The molecule has 0 aliphatic heterocycles. The van der Waals surface area contributed by atoms with E-state index in [0.29, 0.717) is 26.1 Å². The number of alkyl halides is 3. The fraction of sp³-hybridized carbons (Fsp3) is 0.381. The van der Waals surface area contributed by atoms with Gasteiger partial charge in [-0.05, 0) is 29.5 Å². The molecule has 0 heterocycles. The van der Waals surface area contributed by atoms with Gasteiger partial charge in [0.05, 0.1) is 12.2 Å². The predicted octanol–water partition coefficient (Wildman–Crippen LogP) is 4.48. The highest BCUT2D eigenvalue weighted by atomic mass is 19.4. The number of amides is 1. The molecule has 144 valence electrons. The standard InChI is InChI=1S/C21H22F3NO2/c1-27-12-11-25(14-15-7-3-2-4-8-15)20(26)18-13-17(18)16-9-5-6-10-19(16)21(22,23)24/h2-10,17-18H,11-14H2,1H3. The molecule has 0 bridgehead atoms. The molecule has 2 atom stereocenters. The molecule has 6 heteroatoms. The zero-order chi connectivity index (χ0) is 19.4. The van der Waals surface area contributed by atoms with Crippen LogP contribution < -0.4 is 0 Å². The van der Waals surface area contributed by atoms with Crippen LogP contribution in [0.1, 0.15) is 29.0 Å². The minimum atomic E-state index is -4.41. The summed E-state index contributed by atoms with van der Waals surface area (Å²) < 4.78 is 44.9. The van der Waals surface area contributed by atoms with Crippen molar-refractivity contribution in [2.24, 2.45) is 5.92 Å². The third kappa shape index (κ3) is 4.69. The highest BCUT2D eigenvalue weighted by molar-refractivity contribution is 5.83. The molecule has 1 amide bonds. The zero-order valence-corrected chi connectivity index (χ0v) is 15.1. The Bertz CT molecular complexity index is 776.